The molecule has 0 aromatic heterocycles. The first-order valence-electron chi connectivity index (χ1n) is 8.65. The van der Waals surface area contributed by atoms with Crippen LogP contribution in [0.25, 0.3) is 0 Å². The maximum absolute atomic E-state index is 5.33. The Labute approximate surface area is 124 Å². The Hall–Kier alpha value is -0.160. The van der Waals surface area contributed by atoms with Gasteiger partial charge in [0.15, 0.2) is 0 Å². The number of hydrogen-bond donors (Lipinski definition) is 1. The molecule has 1 heterocycles. The van der Waals surface area contributed by atoms with Crippen molar-refractivity contribution in [2.75, 3.05) is 59.0 Å². The zero-order chi connectivity index (χ0) is 14.0. The molecule has 2 rings (SSSR count). The van der Waals surface area contributed by atoms with Crippen LogP contribution >= 0.6 is 0 Å². The molecule has 0 aromatic rings. The average molecular weight is 283 g/mol. The molecule has 20 heavy (non-hydrogen) atoms. The lowest BCUT2D eigenvalue weighted by atomic mass is 10.2. The third kappa shape index (κ3) is 5.68. The molecule has 1 aliphatic carbocycles. The van der Waals surface area contributed by atoms with Gasteiger partial charge >= 0.3 is 0 Å². The summed E-state index contributed by atoms with van der Waals surface area (Å²) in [6.07, 6.45) is 6.93. The molecule has 1 saturated heterocycles. The van der Waals surface area contributed by atoms with Crippen molar-refractivity contribution >= 4 is 0 Å². The maximum atomic E-state index is 5.33. The monoisotopic (exact) mass is 283 g/mol. The molecule has 0 spiro atoms. The quantitative estimate of drug-likeness (QED) is 0.650. The minimum Gasteiger partial charge on any atom is -0.382 e. The minimum absolute atomic E-state index is 0.839. The highest BCUT2D eigenvalue weighted by Crippen LogP contribution is 2.24. The van der Waals surface area contributed by atoms with E-state index >= 15 is 0 Å². The van der Waals surface area contributed by atoms with E-state index in [-0.39, 0.29) is 0 Å². The number of nitrogens with zero attached hydrogens (tertiary/aromatic N) is 2. The third-order valence-corrected chi connectivity index (χ3v) is 4.70. The fourth-order valence-electron chi connectivity index (χ4n) is 3.43. The summed E-state index contributed by atoms with van der Waals surface area (Å²) >= 11 is 0. The van der Waals surface area contributed by atoms with Gasteiger partial charge in [-0.05, 0) is 32.7 Å². The van der Waals surface area contributed by atoms with Crippen LogP contribution in [0.4, 0.5) is 0 Å². The van der Waals surface area contributed by atoms with E-state index < -0.39 is 0 Å². The summed E-state index contributed by atoms with van der Waals surface area (Å²) in [7, 11) is 0. The number of nitrogens with one attached hydrogen (secondary N) is 1. The summed E-state index contributed by atoms with van der Waals surface area (Å²) in [6.45, 7) is 12.3. The number of piperazine rings is 1. The van der Waals surface area contributed by atoms with Crippen molar-refractivity contribution in [2.45, 2.75) is 45.1 Å². The van der Waals surface area contributed by atoms with Crippen LogP contribution in [0, 0.1) is 0 Å². The second-order valence-corrected chi connectivity index (χ2v) is 6.12. The lowest BCUT2D eigenvalue weighted by molar-refractivity contribution is 0.0981. The third-order valence-electron chi connectivity index (χ3n) is 4.70. The Kier molecular flexibility index (Phi) is 7.88. The minimum atomic E-state index is 0.839. The van der Waals surface area contributed by atoms with E-state index in [1.807, 2.05) is 0 Å². The maximum Gasteiger partial charge on any atom is 0.0477 e. The van der Waals surface area contributed by atoms with Crippen molar-refractivity contribution in [3.8, 4) is 0 Å². The zero-order valence-electron chi connectivity index (χ0n) is 13.3. The molecular weight excluding hydrogens is 250 g/mol. The highest BCUT2D eigenvalue weighted by molar-refractivity contribution is 4.82. The molecule has 0 unspecified atom stereocenters. The molecule has 118 valence electrons. The molecule has 0 atom stereocenters. The van der Waals surface area contributed by atoms with Gasteiger partial charge in [-0.1, -0.05) is 12.8 Å². The lowest BCUT2D eigenvalue weighted by Crippen LogP contribution is -2.50. The smallest absolute Gasteiger partial charge is 0.0477 e. The van der Waals surface area contributed by atoms with Crippen LogP contribution in [-0.4, -0.2) is 74.9 Å². The molecule has 0 aromatic carbocycles. The molecule has 0 amide bonds. The van der Waals surface area contributed by atoms with Gasteiger partial charge in [-0.15, -0.1) is 0 Å². The van der Waals surface area contributed by atoms with E-state index in [2.05, 4.69) is 22.0 Å². The van der Waals surface area contributed by atoms with Crippen LogP contribution in [-0.2, 0) is 4.74 Å². The van der Waals surface area contributed by atoms with Gasteiger partial charge < -0.3 is 10.1 Å². The van der Waals surface area contributed by atoms with Gasteiger partial charge in [0.1, 0.15) is 0 Å². The van der Waals surface area contributed by atoms with Gasteiger partial charge in [0.2, 0.25) is 0 Å². The van der Waals surface area contributed by atoms with Crippen LogP contribution in [0.5, 0.6) is 0 Å². The second kappa shape index (κ2) is 9.72. The molecule has 2 aliphatic rings. The van der Waals surface area contributed by atoms with Crippen molar-refractivity contribution < 1.29 is 4.74 Å². The van der Waals surface area contributed by atoms with E-state index in [9.17, 15) is 0 Å². The van der Waals surface area contributed by atoms with Gasteiger partial charge in [-0.3, -0.25) is 9.80 Å². The fourth-order valence-corrected chi connectivity index (χ4v) is 3.43. The topological polar surface area (TPSA) is 27.7 Å². The summed E-state index contributed by atoms with van der Waals surface area (Å²) < 4.78 is 5.33. The van der Waals surface area contributed by atoms with Crippen LogP contribution < -0.4 is 5.32 Å². The molecule has 4 nitrogen and oxygen atoms in total. The Bertz CT molecular complexity index is 236. The second-order valence-electron chi connectivity index (χ2n) is 6.12. The highest BCUT2D eigenvalue weighted by Gasteiger charge is 2.25. The Morgan fingerprint density at radius 3 is 2.50 bits per heavy atom. The van der Waals surface area contributed by atoms with Crippen LogP contribution in [0.1, 0.15) is 39.0 Å². The Balaban J connectivity index is 1.45. The lowest BCUT2D eigenvalue weighted by Gasteiger charge is -2.38. The highest BCUT2D eigenvalue weighted by atomic mass is 16.5. The van der Waals surface area contributed by atoms with Crippen molar-refractivity contribution in [3.05, 3.63) is 0 Å². The van der Waals surface area contributed by atoms with Gasteiger partial charge in [0.25, 0.3) is 0 Å². The first kappa shape index (κ1) is 16.2. The van der Waals surface area contributed by atoms with Gasteiger partial charge in [0.05, 0.1) is 0 Å². The van der Waals surface area contributed by atoms with Crippen molar-refractivity contribution in [1.82, 2.24) is 15.1 Å². The molecular formula is C16H33N3O. The Morgan fingerprint density at radius 1 is 1.05 bits per heavy atom. The van der Waals surface area contributed by atoms with Crippen molar-refractivity contribution in [1.29, 1.82) is 0 Å². The number of ether oxygens (including phenoxy) is 1. The molecule has 0 radical (unpaired) electrons. The molecule has 1 N–H and O–H groups in total. The average Bonchev–Trinajstić information content (AvgIpc) is 3.01. The largest absolute Gasteiger partial charge is 0.382 e. The SMILES string of the molecule is CCOCCCNCCN1CCN(C2CCCC2)CC1. The molecule has 4 heteroatoms. The molecule has 1 saturated carbocycles. The predicted octanol–water partition coefficient (Wildman–Crippen LogP) is 1.56. The van der Waals surface area contributed by atoms with Gasteiger partial charge in [0, 0.05) is 58.5 Å². The van der Waals surface area contributed by atoms with E-state index in [1.165, 1.54) is 58.4 Å². The summed E-state index contributed by atoms with van der Waals surface area (Å²) in [5, 5.41) is 3.52. The standard InChI is InChI=1S/C16H33N3O/c1-2-20-15-5-8-17-9-10-18-11-13-19(14-12-18)16-6-3-4-7-16/h16-17H,2-15H2,1H3. The molecule has 2 fully saturated rings. The van der Waals surface area contributed by atoms with Crippen LogP contribution in [0.15, 0.2) is 0 Å². The molecule has 0 bridgehead atoms. The van der Waals surface area contributed by atoms with E-state index in [0.717, 1.165) is 38.8 Å². The first-order chi connectivity index (χ1) is 9.90. The number of rotatable bonds is 9. The molecule has 1 aliphatic heterocycles. The van der Waals surface area contributed by atoms with Crippen molar-refractivity contribution in [3.63, 3.8) is 0 Å². The summed E-state index contributed by atoms with van der Waals surface area (Å²) in [4.78, 5) is 5.35. The predicted molar refractivity (Wildman–Crippen MR) is 84.2 cm³/mol. The summed E-state index contributed by atoms with van der Waals surface area (Å²) in [5.74, 6) is 0. The normalized spacial score (nSPS) is 22.6. The van der Waals surface area contributed by atoms with Crippen LogP contribution in [0.2, 0.25) is 0 Å². The number of hydrogen-bond acceptors (Lipinski definition) is 4. The summed E-state index contributed by atoms with van der Waals surface area (Å²) in [6, 6.07) is 0.911. The Morgan fingerprint density at radius 2 is 1.80 bits per heavy atom. The first-order valence-corrected chi connectivity index (χ1v) is 8.65. The van der Waals surface area contributed by atoms with Gasteiger partial charge in [-0.25, -0.2) is 0 Å². The summed E-state index contributed by atoms with van der Waals surface area (Å²) in [5.41, 5.74) is 0. The fraction of sp³-hybridized carbons (Fsp3) is 1.00. The van der Waals surface area contributed by atoms with E-state index in [1.54, 1.807) is 0 Å². The van der Waals surface area contributed by atoms with E-state index in [4.69, 9.17) is 4.74 Å². The van der Waals surface area contributed by atoms with E-state index in [0.29, 0.717) is 0 Å². The van der Waals surface area contributed by atoms with Gasteiger partial charge in [-0.2, -0.15) is 0 Å². The van der Waals surface area contributed by atoms with Crippen molar-refractivity contribution in [2.24, 2.45) is 0 Å². The van der Waals surface area contributed by atoms with Crippen LogP contribution in [0.3, 0.4) is 0 Å². The zero-order valence-corrected chi connectivity index (χ0v) is 13.3.